The SMILES string of the molecule is N#Cc1ccnc(Nc2ccc(Br)cc2F)c1Cl. The molecule has 0 atom stereocenters. The summed E-state index contributed by atoms with van der Waals surface area (Å²) < 4.78 is 14.3. The van der Waals surface area contributed by atoms with Gasteiger partial charge >= 0.3 is 0 Å². The second-order valence-electron chi connectivity index (χ2n) is 3.38. The molecule has 2 rings (SSSR count). The van der Waals surface area contributed by atoms with E-state index in [-0.39, 0.29) is 22.1 Å². The minimum Gasteiger partial charge on any atom is -0.337 e. The van der Waals surface area contributed by atoms with Crippen molar-refractivity contribution in [3.63, 3.8) is 0 Å². The molecule has 1 N–H and O–H groups in total. The van der Waals surface area contributed by atoms with Gasteiger partial charge in [-0.25, -0.2) is 9.37 Å². The first-order valence-electron chi connectivity index (χ1n) is 4.88. The van der Waals surface area contributed by atoms with Gasteiger partial charge in [-0.1, -0.05) is 27.5 Å². The smallest absolute Gasteiger partial charge is 0.150 e. The van der Waals surface area contributed by atoms with Gasteiger partial charge in [0, 0.05) is 10.7 Å². The molecule has 1 heterocycles. The largest absolute Gasteiger partial charge is 0.337 e. The lowest BCUT2D eigenvalue weighted by Crippen LogP contribution is -1.98. The Hall–Kier alpha value is -1.64. The Morgan fingerprint density at radius 1 is 1.39 bits per heavy atom. The van der Waals surface area contributed by atoms with Gasteiger partial charge in [0.25, 0.3) is 0 Å². The third-order valence-corrected chi connectivity index (χ3v) is 3.07. The molecule has 3 nitrogen and oxygen atoms in total. The molecular formula is C12H6BrClFN3. The predicted molar refractivity (Wildman–Crippen MR) is 71.3 cm³/mol. The highest BCUT2D eigenvalue weighted by atomic mass is 79.9. The van der Waals surface area contributed by atoms with Gasteiger partial charge in [-0.05, 0) is 24.3 Å². The van der Waals surface area contributed by atoms with Crippen LogP contribution >= 0.6 is 27.5 Å². The van der Waals surface area contributed by atoms with Crippen molar-refractivity contribution >= 4 is 39.0 Å². The summed E-state index contributed by atoms with van der Waals surface area (Å²) in [6.45, 7) is 0. The summed E-state index contributed by atoms with van der Waals surface area (Å²) in [5, 5.41) is 11.8. The number of nitrogens with zero attached hydrogens (tertiary/aromatic N) is 2. The van der Waals surface area contributed by atoms with E-state index in [1.54, 1.807) is 12.1 Å². The van der Waals surface area contributed by atoms with Crippen molar-refractivity contribution in [1.29, 1.82) is 5.26 Å². The molecule has 1 aromatic carbocycles. The van der Waals surface area contributed by atoms with Crippen LogP contribution in [0, 0.1) is 17.1 Å². The van der Waals surface area contributed by atoms with Crippen LogP contribution < -0.4 is 5.32 Å². The molecule has 0 bridgehead atoms. The lowest BCUT2D eigenvalue weighted by molar-refractivity contribution is 0.631. The van der Waals surface area contributed by atoms with Gasteiger partial charge in [0.1, 0.15) is 16.9 Å². The predicted octanol–water partition coefficient (Wildman–Crippen LogP) is 4.25. The molecule has 0 unspecified atom stereocenters. The van der Waals surface area contributed by atoms with E-state index in [1.807, 2.05) is 6.07 Å². The quantitative estimate of drug-likeness (QED) is 0.897. The molecule has 0 spiro atoms. The molecule has 0 saturated heterocycles. The fraction of sp³-hybridized carbons (Fsp3) is 0. The molecule has 90 valence electrons. The summed E-state index contributed by atoms with van der Waals surface area (Å²) in [4.78, 5) is 3.97. The molecule has 0 aliphatic heterocycles. The number of halogens is 3. The first-order valence-corrected chi connectivity index (χ1v) is 6.05. The number of rotatable bonds is 2. The van der Waals surface area contributed by atoms with Gasteiger partial charge in [-0.15, -0.1) is 0 Å². The summed E-state index contributed by atoms with van der Waals surface area (Å²) >= 11 is 9.13. The highest BCUT2D eigenvalue weighted by Gasteiger charge is 2.09. The minimum absolute atomic E-state index is 0.169. The molecule has 0 radical (unpaired) electrons. The van der Waals surface area contributed by atoms with Crippen molar-refractivity contribution in [2.24, 2.45) is 0 Å². The fourth-order valence-electron chi connectivity index (χ4n) is 1.34. The maximum atomic E-state index is 13.6. The molecule has 18 heavy (non-hydrogen) atoms. The number of nitriles is 1. The Bertz CT molecular complexity index is 640. The maximum absolute atomic E-state index is 13.6. The zero-order valence-corrected chi connectivity index (χ0v) is 11.3. The molecule has 0 fully saturated rings. The van der Waals surface area contributed by atoms with Crippen LogP contribution in [-0.2, 0) is 0 Å². The second-order valence-corrected chi connectivity index (χ2v) is 4.68. The lowest BCUT2D eigenvalue weighted by Gasteiger charge is -2.09. The average molecular weight is 327 g/mol. The average Bonchev–Trinajstić information content (AvgIpc) is 2.35. The van der Waals surface area contributed by atoms with Crippen molar-refractivity contribution in [1.82, 2.24) is 4.98 Å². The van der Waals surface area contributed by atoms with E-state index in [9.17, 15) is 4.39 Å². The van der Waals surface area contributed by atoms with Crippen LogP contribution in [0.5, 0.6) is 0 Å². The number of benzene rings is 1. The Kier molecular flexibility index (Phi) is 3.80. The van der Waals surface area contributed by atoms with E-state index in [2.05, 4.69) is 26.2 Å². The number of nitrogens with one attached hydrogen (secondary N) is 1. The first-order chi connectivity index (χ1) is 8.61. The third kappa shape index (κ3) is 2.61. The van der Waals surface area contributed by atoms with E-state index >= 15 is 0 Å². The summed E-state index contributed by atoms with van der Waals surface area (Å²) in [5.41, 5.74) is 0.523. The van der Waals surface area contributed by atoms with Crippen molar-refractivity contribution in [2.45, 2.75) is 0 Å². The van der Waals surface area contributed by atoms with Gasteiger partial charge in [0.2, 0.25) is 0 Å². The van der Waals surface area contributed by atoms with Crippen LogP contribution in [0.3, 0.4) is 0 Å². The molecule has 6 heteroatoms. The second kappa shape index (κ2) is 5.34. The summed E-state index contributed by atoms with van der Waals surface area (Å²) in [5.74, 6) is -0.193. The third-order valence-electron chi connectivity index (χ3n) is 2.19. The topological polar surface area (TPSA) is 48.7 Å². The van der Waals surface area contributed by atoms with Gasteiger partial charge in [0.05, 0.1) is 11.3 Å². The minimum atomic E-state index is -0.440. The molecule has 0 amide bonds. The van der Waals surface area contributed by atoms with Crippen molar-refractivity contribution in [3.05, 3.63) is 51.3 Å². The Morgan fingerprint density at radius 2 is 2.17 bits per heavy atom. The summed E-state index contributed by atoms with van der Waals surface area (Å²) in [6, 6.07) is 7.99. The van der Waals surface area contributed by atoms with Gasteiger partial charge in [-0.3, -0.25) is 0 Å². The van der Waals surface area contributed by atoms with E-state index in [0.717, 1.165) is 0 Å². The fourth-order valence-corrected chi connectivity index (χ4v) is 1.87. The first kappa shape index (κ1) is 12.8. The van der Waals surface area contributed by atoms with E-state index in [4.69, 9.17) is 16.9 Å². The zero-order valence-electron chi connectivity index (χ0n) is 8.92. The molecule has 0 aliphatic rings. The van der Waals surface area contributed by atoms with Gasteiger partial charge < -0.3 is 5.32 Å². The lowest BCUT2D eigenvalue weighted by atomic mass is 10.2. The van der Waals surface area contributed by atoms with E-state index in [0.29, 0.717) is 4.47 Å². The van der Waals surface area contributed by atoms with Crippen molar-refractivity contribution in [3.8, 4) is 6.07 Å². The summed E-state index contributed by atoms with van der Waals surface area (Å²) in [6.07, 6.45) is 1.43. The molecule has 0 aliphatic carbocycles. The number of hydrogen-bond donors (Lipinski definition) is 1. The van der Waals surface area contributed by atoms with Crippen molar-refractivity contribution in [2.75, 3.05) is 5.32 Å². The molecule has 0 saturated carbocycles. The van der Waals surface area contributed by atoms with Crippen LogP contribution in [0.2, 0.25) is 5.02 Å². The zero-order chi connectivity index (χ0) is 13.1. The Morgan fingerprint density at radius 3 is 2.83 bits per heavy atom. The van der Waals surface area contributed by atoms with Crippen LogP contribution in [0.15, 0.2) is 34.9 Å². The van der Waals surface area contributed by atoms with Gasteiger partial charge in [-0.2, -0.15) is 5.26 Å². The van der Waals surface area contributed by atoms with Crippen molar-refractivity contribution < 1.29 is 4.39 Å². The molecule has 2 aromatic rings. The molecular weight excluding hydrogens is 321 g/mol. The highest BCUT2D eigenvalue weighted by Crippen LogP contribution is 2.28. The van der Waals surface area contributed by atoms with Gasteiger partial charge in [0.15, 0.2) is 5.82 Å². The van der Waals surface area contributed by atoms with E-state index < -0.39 is 5.82 Å². The Balaban J connectivity index is 2.38. The summed E-state index contributed by atoms with van der Waals surface area (Å²) in [7, 11) is 0. The number of anilines is 2. The monoisotopic (exact) mass is 325 g/mol. The van der Waals surface area contributed by atoms with Crippen LogP contribution in [-0.4, -0.2) is 4.98 Å². The normalized spacial score (nSPS) is 9.89. The highest BCUT2D eigenvalue weighted by molar-refractivity contribution is 9.10. The number of hydrogen-bond acceptors (Lipinski definition) is 3. The maximum Gasteiger partial charge on any atom is 0.150 e. The Labute approximate surface area is 116 Å². The molecule has 1 aromatic heterocycles. The van der Waals surface area contributed by atoms with E-state index in [1.165, 1.54) is 18.3 Å². The number of pyridine rings is 1. The van der Waals surface area contributed by atoms with Crippen LogP contribution in [0.4, 0.5) is 15.9 Å². The number of aromatic nitrogens is 1. The standard InChI is InChI=1S/C12H6BrClFN3/c13-8-1-2-10(9(15)5-8)18-12-11(14)7(6-16)3-4-17-12/h1-5H,(H,17,18). The van der Waals surface area contributed by atoms with Crippen LogP contribution in [0.25, 0.3) is 0 Å². The van der Waals surface area contributed by atoms with Crippen LogP contribution in [0.1, 0.15) is 5.56 Å².